The number of para-hydroxylation sites is 1. The quantitative estimate of drug-likeness (QED) is 0.566. The number of nitrogens with zero attached hydrogens (tertiary/aromatic N) is 1. The fourth-order valence-electron chi connectivity index (χ4n) is 2.70. The van der Waals surface area contributed by atoms with Gasteiger partial charge in [0.15, 0.2) is 0 Å². The van der Waals surface area contributed by atoms with E-state index in [1.165, 1.54) is 5.56 Å². The van der Waals surface area contributed by atoms with Gasteiger partial charge in [0.2, 0.25) is 0 Å². The molecule has 0 saturated carbocycles. The van der Waals surface area contributed by atoms with Crippen LogP contribution in [0.4, 0.5) is 0 Å². The van der Waals surface area contributed by atoms with Gasteiger partial charge in [-0.3, -0.25) is 4.98 Å². The minimum absolute atomic E-state index is 0.518. The Morgan fingerprint density at radius 1 is 0.852 bits per heavy atom. The molecule has 0 fully saturated rings. The summed E-state index contributed by atoms with van der Waals surface area (Å²) in [7, 11) is 0. The van der Waals surface area contributed by atoms with Crippen LogP contribution in [-0.2, 0) is 19.7 Å². The summed E-state index contributed by atoms with van der Waals surface area (Å²) in [6.07, 6.45) is 4.62. The topological polar surface area (TPSA) is 43.4 Å². The Hall–Kier alpha value is -2.85. The summed E-state index contributed by atoms with van der Waals surface area (Å²) in [6.45, 7) is 4.93. The molecule has 0 bridgehead atoms. The van der Waals surface area contributed by atoms with Gasteiger partial charge in [-0.15, -0.1) is 0 Å². The van der Waals surface area contributed by atoms with Crippen LogP contribution in [0.25, 0.3) is 0 Å². The van der Waals surface area contributed by atoms with E-state index in [1.807, 2.05) is 48.7 Å². The van der Waals surface area contributed by atoms with Crippen LogP contribution in [-0.4, -0.2) is 11.6 Å². The molecule has 3 aromatic rings. The van der Waals surface area contributed by atoms with Crippen molar-refractivity contribution in [1.29, 1.82) is 0 Å². The van der Waals surface area contributed by atoms with Crippen molar-refractivity contribution in [3.8, 4) is 11.5 Å². The van der Waals surface area contributed by atoms with Gasteiger partial charge in [0.05, 0.1) is 6.61 Å². The number of hydrogen-bond donors (Lipinski definition) is 1. The average Bonchev–Trinajstić information content (AvgIpc) is 2.73. The number of aromatic nitrogens is 1. The molecule has 4 heteroatoms. The molecule has 0 amide bonds. The number of pyridine rings is 1. The molecule has 1 heterocycles. The van der Waals surface area contributed by atoms with Crippen LogP contribution >= 0.6 is 0 Å². The third-order valence-corrected chi connectivity index (χ3v) is 4.13. The lowest BCUT2D eigenvalue weighted by Gasteiger charge is -2.12. The highest BCUT2D eigenvalue weighted by atomic mass is 16.5. The summed E-state index contributed by atoms with van der Waals surface area (Å²) >= 11 is 0. The molecule has 0 aliphatic heterocycles. The van der Waals surface area contributed by atoms with Crippen LogP contribution in [0, 0.1) is 0 Å². The van der Waals surface area contributed by atoms with Crippen molar-refractivity contribution in [2.24, 2.45) is 0 Å². The van der Waals surface area contributed by atoms with Crippen molar-refractivity contribution in [2.45, 2.75) is 33.0 Å². The van der Waals surface area contributed by atoms with Crippen molar-refractivity contribution in [2.75, 3.05) is 6.61 Å². The zero-order chi connectivity index (χ0) is 18.7. The predicted octanol–water partition coefficient (Wildman–Crippen LogP) is 4.74. The van der Waals surface area contributed by atoms with Gasteiger partial charge in [-0.1, -0.05) is 43.3 Å². The standard InChI is InChI=1S/C23H26N2O2/c1-2-14-26-22-11-9-19(10-12-22)15-25-17-21-7-3-4-8-23(21)27-18-20-6-5-13-24-16-20/h3-13,16,25H,2,14-15,17-18H2,1H3. The molecule has 140 valence electrons. The molecule has 27 heavy (non-hydrogen) atoms. The zero-order valence-corrected chi connectivity index (χ0v) is 15.7. The summed E-state index contributed by atoms with van der Waals surface area (Å²) in [5, 5.41) is 3.49. The number of hydrogen-bond acceptors (Lipinski definition) is 4. The van der Waals surface area contributed by atoms with Crippen LogP contribution in [0.15, 0.2) is 73.1 Å². The Kier molecular flexibility index (Phi) is 7.25. The van der Waals surface area contributed by atoms with Gasteiger partial charge in [0, 0.05) is 36.6 Å². The van der Waals surface area contributed by atoms with Crippen molar-refractivity contribution < 1.29 is 9.47 Å². The number of benzene rings is 2. The van der Waals surface area contributed by atoms with Crippen LogP contribution in [0.1, 0.15) is 30.0 Å². The van der Waals surface area contributed by atoms with Crippen LogP contribution < -0.4 is 14.8 Å². The van der Waals surface area contributed by atoms with Crippen LogP contribution in [0.5, 0.6) is 11.5 Å². The normalized spacial score (nSPS) is 10.6. The van der Waals surface area contributed by atoms with Gasteiger partial charge in [0.1, 0.15) is 18.1 Å². The van der Waals surface area contributed by atoms with E-state index in [2.05, 4.69) is 35.4 Å². The lowest BCUT2D eigenvalue weighted by Crippen LogP contribution is -2.13. The summed E-state index contributed by atoms with van der Waals surface area (Å²) in [6, 6.07) is 20.3. The second-order valence-corrected chi connectivity index (χ2v) is 6.35. The summed E-state index contributed by atoms with van der Waals surface area (Å²) in [5.74, 6) is 1.83. The minimum Gasteiger partial charge on any atom is -0.494 e. The van der Waals surface area contributed by atoms with Crippen molar-refractivity contribution in [1.82, 2.24) is 10.3 Å². The van der Waals surface area contributed by atoms with E-state index in [0.29, 0.717) is 6.61 Å². The van der Waals surface area contributed by atoms with E-state index in [0.717, 1.165) is 48.7 Å². The fourth-order valence-corrected chi connectivity index (χ4v) is 2.70. The first-order valence-electron chi connectivity index (χ1n) is 9.37. The molecule has 0 aliphatic rings. The molecule has 0 saturated heterocycles. The molecular formula is C23H26N2O2. The van der Waals surface area contributed by atoms with Gasteiger partial charge < -0.3 is 14.8 Å². The molecule has 2 aromatic carbocycles. The first kappa shape index (κ1) is 18.9. The molecule has 1 N–H and O–H groups in total. The first-order valence-corrected chi connectivity index (χ1v) is 9.37. The minimum atomic E-state index is 0.518. The van der Waals surface area contributed by atoms with E-state index in [4.69, 9.17) is 9.47 Å². The van der Waals surface area contributed by atoms with Gasteiger partial charge in [-0.25, -0.2) is 0 Å². The second kappa shape index (κ2) is 10.3. The molecule has 0 atom stereocenters. The molecule has 4 nitrogen and oxygen atoms in total. The molecule has 3 rings (SSSR count). The maximum absolute atomic E-state index is 5.98. The van der Waals surface area contributed by atoms with Gasteiger partial charge in [-0.05, 0) is 36.2 Å². The molecule has 0 unspecified atom stereocenters. The van der Waals surface area contributed by atoms with Gasteiger partial charge >= 0.3 is 0 Å². The third kappa shape index (κ3) is 6.12. The Balaban J connectivity index is 1.50. The molecular weight excluding hydrogens is 336 g/mol. The Morgan fingerprint density at radius 3 is 2.48 bits per heavy atom. The predicted molar refractivity (Wildman–Crippen MR) is 108 cm³/mol. The van der Waals surface area contributed by atoms with Crippen molar-refractivity contribution in [3.05, 3.63) is 89.7 Å². The highest BCUT2D eigenvalue weighted by Gasteiger charge is 2.04. The first-order chi connectivity index (χ1) is 13.3. The second-order valence-electron chi connectivity index (χ2n) is 6.35. The summed E-state index contributed by atoms with van der Waals surface area (Å²) in [5.41, 5.74) is 3.43. The third-order valence-electron chi connectivity index (χ3n) is 4.13. The Morgan fingerprint density at radius 2 is 1.70 bits per heavy atom. The maximum atomic E-state index is 5.98. The summed E-state index contributed by atoms with van der Waals surface area (Å²) < 4.78 is 11.6. The SMILES string of the molecule is CCCOc1ccc(CNCc2ccccc2OCc2cccnc2)cc1. The maximum Gasteiger partial charge on any atom is 0.124 e. The lowest BCUT2D eigenvalue weighted by atomic mass is 10.2. The van der Waals surface area contributed by atoms with E-state index in [-0.39, 0.29) is 0 Å². The van der Waals surface area contributed by atoms with Gasteiger partial charge in [-0.2, -0.15) is 0 Å². The zero-order valence-electron chi connectivity index (χ0n) is 15.7. The highest BCUT2D eigenvalue weighted by Crippen LogP contribution is 2.19. The number of ether oxygens (including phenoxy) is 2. The van der Waals surface area contributed by atoms with Crippen molar-refractivity contribution in [3.63, 3.8) is 0 Å². The van der Waals surface area contributed by atoms with E-state index < -0.39 is 0 Å². The smallest absolute Gasteiger partial charge is 0.124 e. The number of rotatable bonds is 10. The lowest BCUT2D eigenvalue weighted by molar-refractivity contribution is 0.301. The fraction of sp³-hybridized carbons (Fsp3) is 0.261. The monoisotopic (exact) mass is 362 g/mol. The van der Waals surface area contributed by atoms with E-state index >= 15 is 0 Å². The van der Waals surface area contributed by atoms with E-state index in [1.54, 1.807) is 6.20 Å². The van der Waals surface area contributed by atoms with Crippen LogP contribution in [0.2, 0.25) is 0 Å². The van der Waals surface area contributed by atoms with Gasteiger partial charge in [0.25, 0.3) is 0 Å². The highest BCUT2D eigenvalue weighted by molar-refractivity contribution is 5.33. The van der Waals surface area contributed by atoms with E-state index in [9.17, 15) is 0 Å². The van der Waals surface area contributed by atoms with Crippen molar-refractivity contribution >= 4 is 0 Å². The molecule has 0 spiro atoms. The van der Waals surface area contributed by atoms with Crippen LogP contribution in [0.3, 0.4) is 0 Å². The Bertz CT molecular complexity index is 804. The average molecular weight is 362 g/mol. The largest absolute Gasteiger partial charge is 0.494 e. The summed E-state index contributed by atoms with van der Waals surface area (Å²) in [4.78, 5) is 4.12. The molecule has 1 aromatic heterocycles. The molecule has 0 radical (unpaired) electrons. The number of nitrogens with one attached hydrogen (secondary N) is 1. The Labute approximate surface area is 161 Å². The molecule has 0 aliphatic carbocycles.